The monoisotopic (exact) mass is 458 g/mol. The van der Waals surface area contributed by atoms with Gasteiger partial charge in [-0.15, -0.1) is 0 Å². The third kappa shape index (κ3) is 9.82. The number of amides is 2. The molecule has 0 aromatic heterocycles. The Morgan fingerprint density at radius 1 is 0.788 bits per heavy atom. The van der Waals surface area contributed by atoms with Gasteiger partial charge in [-0.3, -0.25) is 10.6 Å². The zero-order valence-corrected chi connectivity index (χ0v) is 20.2. The minimum Gasteiger partial charge on any atom is -0.494 e. The van der Waals surface area contributed by atoms with Crippen LogP contribution in [0.25, 0.3) is 11.1 Å². The molecule has 0 heterocycles. The number of nitrogens with one attached hydrogen (secondary N) is 2. The van der Waals surface area contributed by atoms with Crippen molar-refractivity contribution in [3.8, 4) is 16.9 Å². The number of benzene rings is 2. The zero-order valence-electron chi connectivity index (χ0n) is 20.2. The summed E-state index contributed by atoms with van der Waals surface area (Å²) in [5.41, 5.74) is 1.23. The summed E-state index contributed by atoms with van der Waals surface area (Å²) in [7, 11) is 0. The first-order valence-electron chi connectivity index (χ1n) is 10.8. The second-order valence-corrected chi connectivity index (χ2v) is 9.50. The molecule has 2 rings (SSSR count). The summed E-state index contributed by atoms with van der Waals surface area (Å²) >= 11 is 0. The quantitative estimate of drug-likeness (QED) is 0.452. The van der Waals surface area contributed by atoms with Crippen molar-refractivity contribution in [1.29, 1.82) is 0 Å². The van der Waals surface area contributed by atoms with Gasteiger partial charge in [0.2, 0.25) is 0 Å². The molecule has 0 unspecified atom stereocenters. The lowest BCUT2D eigenvalue weighted by Gasteiger charge is -2.21. The second-order valence-electron chi connectivity index (χ2n) is 9.50. The van der Waals surface area contributed by atoms with Gasteiger partial charge < -0.3 is 19.3 Å². The Morgan fingerprint density at radius 3 is 1.70 bits per heavy atom. The molecule has 0 aliphatic heterocycles. The first kappa shape index (κ1) is 26.0. The molecule has 0 saturated heterocycles. The van der Waals surface area contributed by atoms with E-state index in [1.54, 1.807) is 59.7 Å². The fourth-order valence-electron chi connectivity index (χ4n) is 2.78. The third-order valence-electron chi connectivity index (χ3n) is 3.98. The number of aliphatic hydroxyl groups excluding tert-OH is 1. The van der Waals surface area contributed by atoms with Crippen molar-refractivity contribution in [1.82, 2.24) is 0 Å². The fourth-order valence-corrected chi connectivity index (χ4v) is 2.78. The predicted octanol–water partition coefficient (Wildman–Crippen LogP) is 5.81. The Balaban J connectivity index is 2.30. The van der Waals surface area contributed by atoms with Gasteiger partial charge >= 0.3 is 12.2 Å². The molecule has 0 aliphatic rings. The normalized spacial score (nSPS) is 11.5. The highest BCUT2D eigenvalue weighted by molar-refractivity contribution is 5.91. The van der Waals surface area contributed by atoms with Crippen LogP contribution >= 0.6 is 0 Å². The Kier molecular flexibility index (Phi) is 8.70. The van der Waals surface area contributed by atoms with Crippen LogP contribution in [-0.2, 0) is 9.47 Å². The summed E-state index contributed by atoms with van der Waals surface area (Å²) in [5.74, 6) is 0.683. The number of rotatable bonds is 7. The lowest BCUT2D eigenvalue weighted by Crippen LogP contribution is -2.28. The van der Waals surface area contributed by atoms with E-state index in [-0.39, 0.29) is 6.61 Å². The summed E-state index contributed by atoms with van der Waals surface area (Å²) in [4.78, 5) is 24.6. The van der Waals surface area contributed by atoms with E-state index in [4.69, 9.17) is 19.3 Å². The third-order valence-corrected chi connectivity index (χ3v) is 3.98. The van der Waals surface area contributed by atoms with Crippen LogP contribution in [0.5, 0.6) is 5.75 Å². The second kappa shape index (κ2) is 11.0. The Morgan fingerprint density at radius 2 is 1.27 bits per heavy atom. The molecule has 8 nitrogen and oxygen atoms in total. The molecule has 2 aromatic carbocycles. The van der Waals surface area contributed by atoms with Gasteiger partial charge in [0.05, 0.1) is 6.61 Å². The summed E-state index contributed by atoms with van der Waals surface area (Å²) < 4.78 is 16.3. The van der Waals surface area contributed by atoms with Gasteiger partial charge in [0.15, 0.2) is 0 Å². The highest BCUT2D eigenvalue weighted by Gasteiger charge is 2.19. The molecule has 0 aliphatic carbocycles. The molecular weight excluding hydrogens is 424 g/mol. The number of hydrogen-bond acceptors (Lipinski definition) is 6. The number of ether oxygens (including phenoxy) is 3. The van der Waals surface area contributed by atoms with Gasteiger partial charge in [-0.05, 0) is 83.0 Å². The molecular formula is C25H34N2O6. The predicted molar refractivity (Wildman–Crippen MR) is 129 cm³/mol. The summed E-state index contributed by atoms with van der Waals surface area (Å²) in [6.07, 6.45) is -0.647. The van der Waals surface area contributed by atoms with E-state index < -0.39 is 23.4 Å². The molecule has 2 aromatic rings. The molecule has 0 fully saturated rings. The van der Waals surface area contributed by atoms with Crippen molar-refractivity contribution < 1.29 is 28.9 Å². The minimum atomic E-state index is -0.648. The van der Waals surface area contributed by atoms with Gasteiger partial charge in [-0.2, -0.15) is 0 Å². The zero-order chi connectivity index (χ0) is 24.6. The maximum atomic E-state index is 12.3. The lowest BCUT2D eigenvalue weighted by molar-refractivity contribution is 0.0625. The molecule has 3 N–H and O–H groups in total. The van der Waals surface area contributed by atoms with Gasteiger partial charge in [0.1, 0.15) is 17.0 Å². The van der Waals surface area contributed by atoms with Crippen molar-refractivity contribution in [2.45, 2.75) is 59.2 Å². The first-order chi connectivity index (χ1) is 15.3. The van der Waals surface area contributed by atoms with Crippen LogP contribution in [-0.4, -0.2) is 41.7 Å². The van der Waals surface area contributed by atoms with Crippen LogP contribution in [0, 0.1) is 0 Å². The van der Waals surface area contributed by atoms with Gasteiger partial charge in [0, 0.05) is 24.4 Å². The topological polar surface area (TPSA) is 106 Å². The fraction of sp³-hybridized carbons (Fsp3) is 0.440. The Labute approximate surface area is 195 Å². The van der Waals surface area contributed by atoms with E-state index in [0.717, 1.165) is 11.1 Å². The van der Waals surface area contributed by atoms with Crippen LogP contribution in [0.1, 0.15) is 48.0 Å². The molecule has 0 spiro atoms. The molecule has 2 amide bonds. The molecule has 0 atom stereocenters. The van der Waals surface area contributed by atoms with Crippen molar-refractivity contribution in [2.24, 2.45) is 0 Å². The van der Waals surface area contributed by atoms with Crippen LogP contribution in [0.4, 0.5) is 21.0 Å². The van der Waals surface area contributed by atoms with E-state index in [0.29, 0.717) is 30.2 Å². The van der Waals surface area contributed by atoms with Gasteiger partial charge in [-0.25, -0.2) is 9.59 Å². The van der Waals surface area contributed by atoms with Crippen molar-refractivity contribution >= 4 is 23.6 Å². The van der Waals surface area contributed by atoms with Gasteiger partial charge in [0.25, 0.3) is 0 Å². The summed E-state index contributed by atoms with van der Waals surface area (Å²) in [6, 6.07) is 12.6. The highest BCUT2D eigenvalue weighted by atomic mass is 16.6. The number of aliphatic hydroxyl groups is 1. The molecule has 0 saturated carbocycles. The average molecular weight is 459 g/mol. The number of anilines is 2. The van der Waals surface area contributed by atoms with Gasteiger partial charge in [-0.1, -0.05) is 12.1 Å². The van der Waals surface area contributed by atoms with E-state index >= 15 is 0 Å². The molecule has 180 valence electrons. The lowest BCUT2D eigenvalue weighted by atomic mass is 10.0. The van der Waals surface area contributed by atoms with E-state index in [9.17, 15) is 9.59 Å². The van der Waals surface area contributed by atoms with Crippen LogP contribution in [0.15, 0.2) is 42.5 Å². The largest absolute Gasteiger partial charge is 0.494 e. The van der Waals surface area contributed by atoms with E-state index in [1.807, 2.05) is 24.3 Å². The maximum Gasteiger partial charge on any atom is 0.412 e. The van der Waals surface area contributed by atoms with Crippen LogP contribution < -0.4 is 15.4 Å². The Hall–Kier alpha value is -3.26. The average Bonchev–Trinajstić information content (AvgIpc) is 2.65. The van der Waals surface area contributed by atoms with Crippen LogP contribution in [0.2, 0.25) is 0 Å². The van der Waals surface area contributed by atoms with Crippen molar-refractivity contribution in [2.75, 3.05) is 23.8 Å². The SMILES string of the molecule is CC(C)(C)OC(=O)Nc1cc(NC(=O)OC(C)(C)C)cc(-c2ccc(OCCCO)cc2)c1. The summed E-state index contributed by atoms with van der Waals surface area (Å²) in [6.45, 7) is 11.2. The number of carbonyl (C=O) groups excluding carboxylic acids is 2. The van der Waals surface area contributed by atoms with Crippen LogP contribution in [0.3, 0.4) is 0 Å². The summed E-state index contributed by atoms with van der Waals surface area (Å²) in [5, 5.41) is 14.3. The first-order valence-corrected chi connectivity index (χ1v) is 10.8. The smallest absolute Gasteiger partial charge is 0.412 e. The molecule has 0 bridgehead atoms. The van der Waals surface area contributed by atoms with E-state index in [1.165, 1.54) is 0 Å². The van der Waals surface area contributed by atoms with E-state index in [2.05, 4.69) is 10.6 Å². The number of carbonyl (C=O) groups is 2. The maximum absolute atomic E-state index is 12.3. The highest BCUT2D eigenvalue weighted by Crippen LogP contribution is 2.29. The standard InChI is InChI=1S/C25H34N2O6/c1-24(2,3)32-22(29)26-19-14-18(15-20(16-19)27-23(30)33-25(4,5)6)17-8-10-21(11-9-17)31-13-7-12-28/h8-11,14-16,28H,7,12-13H2,1-6H3,(H,26,29)(H,27,30). The van der Waals surface area contributed by atoms with Crippen molar-refractivity contribution in [3.05, 3.63) is 42.5 Å². The molecule has 0 radical (unpaired) electrons. The molecule has 33 heavy (non-hydrogen) atoms. The number of hydrogen-bond donors (Lipinski definition) is 3. The minimum absolute atomic E-state index is 0.0724. The van der Waals surface area contributed by atoms with Crippen molar-refractivity contribution in [3.63, 3.8) is 0 Å². The Bertz CT molecular complexity index is 895. The molecule has 8 heteroatoms.